The van der Waals surface area contributed by atoms with Gasteiger partial charge in [0.05, 0.1) is 4.90 Å². The highest BCUT2D eigenvalue weighted by molar-refractivity contribution is 7.89. The fraction of sp³-hybridized carbons (Fsp3) is 0.125. The Morgan fingerprint density at radius 3 is 2.47 bits per heavy atom. The van der Waals surface area contributed by atoms with Crippen molar-refractivity contribution in [1.29, 1.82) is 0 Å². The Morgan fingerprint density at radius 1 is 1.03 bits per heavy atom. The number of carbonyl (C=O) groups is 1. The lowest BCUT2D eigenvalue weighted by Crippen LogP contribution is -2.26. The number of aromatic nitrogens is 2. The van der Waals surface area contributed by atoms with Crippen molar-refractivity contribution in [3.8, 4) is 11.8 Å². The maximum absolute atomic E-state index is 12.7. The predicted molar refractivity (Wildman–Crippen MR) is 131 cm³/mol. The van der Waals surface area contributed by atoms with Gasteiger partial charge in [0, 0.05) is 35.1 Å². The van der Waals surface area contributed by atoms with E-state index < -0.39 is 10.0 Å². The van der Waals surface area contributed by atoms with Crippen molar-refractivity contribution in [2.24, 2.45) is 0 Å². The van der Waals surface area contributed by atoms with E-state index in [0.717, 1.165) is 10.4 Å². The van der Waals surface area contributed by atoms with E-state index in [1.807, 2.05) is 24.4 Å². The number of rotatable bonds is 9. The van der Waals surface area contributed by atoms with Gasteiger partial charge in [-0.25, -0.2) is 23.1 Å². The highest BCUT2D eigenvalue weighted by atomic mass is 32.2. The van der Waals surface area contributed by atoms with Gasteiger partial charge in [-0.2, -0.15) is 0 Å². The number of nitrogens with zero attached hydrogens (tertiary/aromatic N) is 2. The van der Waals surface area contributed by atoms with Crippen molar-refractivity contribution in [1.82, 2.24) is 14.7 Å². The second kappa shape index (κ2) is 10.6. The van der Waals surface area contributed by atoms with Crippen LogP contribution in [-0.2, 0) is 16.4 Å². The molecule has 0 spiro atoms. The summed E-state index contributed by atoms with van der Waals surface area (Å²) >= 11 is 1.59. The van der Waals surface area contributed by atoms with E-state index in [1.165, 1.54) is 24.3 Å². The quantitative estimate of drug-likeness (QED) is 0.357. The van der Waals surface area contributed by atoms with Crippen LogP contribution in [0, 0.1) is 6.92 Å². The summed E-state index contributed by atoms with van der Waals surface area (Å²) in [5.41, 5.74) is 1.74. The van der Waals surface area contributed by atoms with Gasteiger partial charge in [0.15, 0.2) is 0 Å². The van der Waals surface area contributed by atoms with Crippen LogP contribution >= 0.6 is 11.3 Å². The van der Waals surface area contributed by atoms with Crippen LogP contribution in [0.3, 0.4) is 0 Å². The number of nitrogens with one attached hydrogen (secondary N) is 2. The number of anilines is 1. The first-order chi connectivity index (χ1) is 16.4. The number of hydrogen-bond acceptors (Lipinski definition) is 7. The lowest BCUT2D eigenvalue weighted by atomic mass is 10.1. The van der Waals surface area contributed by atoms with Gasteiger partial charge in [-0.3, -0.25) is 4.79 Å². The lowest BCUT2D eigenvalue weighted by molar-refractivity contribution is 0.102. The van der Waals surface area contributed by atoms with Crippen LogP contribution in [0.4, 0.5) is 5.69 Å². The molecule has 10 heteroatoms. The Kier molecular flexibility index (Phi) is 7.31. The fourth-order valence-electron chi connectivity index (χ4n) is 3.11. The van der Waals surface area contributed by atoms with Crippen molar-refractivity contribution in [2.45, 2.75) is 18.2 Å². The Morgan fingerprint density at radius 2 is 1.79 bits per heavy atom. The first-order valence-corrected chi connectivity index (χ1v) is 12.8. The van der Waals surface area contributed by atoms with Crippen LogP contribution in [0.2, 0.25) is 0 Å². The van der Waals surface area contributed by atoms with Gasteiger partial charge < -0.3 is 10.1 Å². The molecule has 2 aromatic heterocycles. The van der Waals surface area contributed by atoms with Crippen molar-refractivity contribution < 1.29 is 17.9 Å². The van der Waals surface area contributed by atoms with Gasteiger partial charge in [0.1, 0.15) is 5.75 Å². The van der Waals surface area contributed by atoms with Crippen molar-refractivity contribution in [3.63, 3.8) is 0 Å². The minimum atomic E-state index is -3.65. The molecule has 34 heavy (non-hydrogen) atoms. The van der Waals surface area contributed by atoms with Crippen molar-refractivity contribution >= 4 is 33.0 Å². The highest BCUT2D eigenvalue weighted by Crippen LogP contribution is 2.24. The summed E-state index contributed by atoms with van der Waals surface area (Å²) in [5.74, 6) is 0.195. The summed E-state index contributed by atoms with van der Waals surface area (Å²) in [7, 11) is -3.65. The first kappa shape index (κ1) is 23.6. The van der Waals surface area contributed by atoms with E-state index in [9.17, 15) is 13.2 Å². The van der Waals surface area contributed by atoms with Gasteiger partial charge in [-0.1, -0.05) is 6.07 Å². The molecule has 0 aliphatic heterocycles. The molecule has 2 aromatic carbocycles. The summed E-state index contributed by atoms with van der Waals surface area (Å²) in [6.07, 6.45) is 3.79. The average Bonchev–Trinajstić information content (AvgIpc) is 3.35. The molecule has 2 heterocycles. The second-order valence-electron chi connectivity index (χ2n) is 7.32. The molecule has 0 aliphatic rings. The number of carbonyl (C=O) groups excluding carboxylic acids is 1. The van der Waals surface area contributed by atoms with Crippen LogP contribution < -0.4 is 14.8 Å². The van der Waals surface area contributed by atoms with Gasteiger partial charge in [-0.15, -0.1) is 11.3 Å². The highest BCUT2D eigenvalue weighted by Gasteiger charge is 2.15. The number of hydrogen-bond donors (Lipinski definition) is 2. The predicted octanol–water partition coefficient (Wildman–Crippen LogP) is 4.41. The van der Waals surface area contributed by atoms with E-state index in [0.29, 0.717) is 30.0 Å². The number of sulfonamides is 1. The molecule has 8 nitrogen and oxygen atoms in total. The lowest BCUT2D eigenvalue weighted by Gasteiger charge is -2.11. The third-order valence-electron chi connectivity index (χ3n) is 4.87. The number of benzene rings is 2. The molecule has 0 fully saturated rings. The standard InChI is InChI=1S/C24H22N4O4S2/c1-17-16-19(32-24-25-12-3-13-26-24)7-10-22(17)28-23(29)18-5-8-21(9-6-18)34(30,31)27-14-11-20-4-2-15-33-20/h2-10,12-13,15-16,27H,11,14H2,1H3,(H,28,29). The van der Waals surface area contributed by atoms with E-state index in [-0.39, 0.29) is 16.8 Å². The largest absolute Gasteiger partial charge is 0.424 e. The van der Waals surface area contributed by atoms with Crippen LogP contribution in [0.15, 0.2) is 83.3 Å². The summed E-state index contributed by atoms with van der Waals surface area (Å²) in [4.78, 5) is 21.9. The van der Waals surface area contributed by atoms with E-state index in [2.05, 4.69) is 20.0 Å². The molecule has 4 aromatic rings. The van der Waals surface area contributed by atoms with Crippen LogP contribution in [0.1, 0.15) is 20.8 Å². The molecule has 0 radical (unpaired) electrons. The Bertz CT molecular complexity index is 1360. The van der Waals surface area contributed by atoms with Gasteiger partial charge >= 0.3 is 6.01 Å². The van der Waals surface area contributed by atoms with E-state index in [4.69, 9.17) is 4.74 Å². The third-order valence-corrected chi connectivity index (χ3v) is 7.28. The Hall–Kier alpha value is -3.60. The monoisotopic (exact) mass is 494 g/mol. The molecule has 0 saturated carbocycles. The summed E-state index contributed by atoms with van der Waals surface area (Å²) < 4.78 is 33.2. The maximum atomic E-state index is 12.7. The van der Waals surface area contributed by atoms with Crippen molar-refractivity contribution in [2.75, 3.05) is 11.9 Å². The molecular formula is C24H22N4O4S2. The smallest absolute Gasteiger partial charge is 0.321 e. The molecule has 0 aliphatic carbocycles. The second-order valence-corrected chi connectivity index (χ2v) is 10.1. The molecule has 4 rings (SSSR count). The zero-order chi connectivity index (χ0) is 24.0. The minimum absolute atomic E-state index is 0.107. The van der Waals surface area contributed by atoms with Crippen LogP contribution in [-0.4, -0.2) is 30.8 Å². The Labute approximate surface area is 201 Å². The molecule has 0 bridgehead atoms. The number of thiophene rings is 1. The zero-order valence-corrected chi connectivity index (χ0v) is 19.9. The third kappa shape index (κ3) is 6.04. The first-order valence-electron chi connectivity index (χ1n) is 10.4. The molecular weight excluding hydrogens is 472 g/mol. The molecule has 0 atom stereocenters. The van der Waals surface area contributed by atoms with Crippen LogP contribution in [0.25, 0.3) is 0 Å². The number of amides is 1. The average molecular weight is 495 g/mol. The zero-order valence-electron chi connectivity index (χ0n) is 18.3. The van der Waals surface area contributed by atoms with Gasteiger partial charge in [-0.05, 0) is 78.9 Å². The molecule has 0 saturated heterocycles. The van der Waals surface area contributed by atoms with E-state index in [1.54, 1.807) is 48.0 Å². The SMILES string of the molecule is Cc1cc(Oc2ncccn2)ccc1NC(=O)c1ccc(S(=O)(=O)NCCc2cccs2)cc1. The molecule has 174 valence electrons. The molecule has 1 amide bonds. The molecule has 0 unspecified atom stereocenters. The topological polar surface area (TPSA) is 110 Å². The number of ether oxygens (including phenoxy) is 1. The normalized spacial score (nSPS) is 11.2. The fourth-order valence-corrected chi connectivity index (χ4v) is 4.85. The summed E-state index contributed by atoms with van der Waals surface area (Å²) in [6, 6.07) is 16.8. The van der Waals surface area contributed by atoms with Crippen LogP contribution in [0.5, 0.6) is 11.8 Å². The molecule has 2 N–H and O–H groups in total. The van der Waals surface area contributed by atoms with Gasteiger partial charge in [0.2, 0.25) is 10.0 Å². The van der Waals surface area contributed by atoms with Gasteiger partial charge in [0.25, 0.3) is 5.91 Å². The number of aryl methyl sites for hydroxylation is 1. The Balaban J connectivity index is 1.36. The summed E-state index contributed by atoms with van der Waals surface area (Å²) in [5, 5.41) is 4.79. The van der Waals surface area contributed by atoms with E-state index >= 15 is 0 Å². The minimum Gasteiger partial charge on any atom is -0.424 e. The maximum Gasteiger partial charge on any atom is 0.321 e. The van der Waals surface area contributed by atoms with Crippen molar-refractivity contribution in [3.05, 3.63) is 94.4 Å². The summed E-state index contributed by atoms with van der Waals surface area (Å²) in [6.45, 7) is 2.15.